The molecule has 7 nitrogen and oxygen atoms in total. The van der Waals surface area contributed by atoms with Gasteiger partial charge in [0.25, 0.3) is 0 Å². The Hall–Kier alpha value is -3.26. The number of carbonyl (C=O) groups is 1. The normalized spacial score (nSPS) is 14.2. The third-order valence-corrected chi connectivity index (χ3v) is 5.25. The van der Waals surface area contributed by atoms with E-state index in [1.165, 1.54) is 0 Å². The fourth-order valence-corrected chi connectivity index (χ4v) is 3.86. The van der Waals surface area contributed by atoms with Crippen molar-refractivity contribution in [1.29, 1.82) is 0 Å². The minimum absolute atomic E-state index is 0.191. The zero-order chi connectivity index (χ0) is 18.2. The van der Waals surface area contributed by atoms with E-state index < -0.39 is 0 Å². The summed E-state index contributed by atoms with van der Waals surface area (Å²) in [6, 6.07) is 13.6. The highest BCUT2D eigenvalue weighted by atomic mass is 32.1. The summed E-state index contributed by atoms with van der Waals surface area (Å²) in [6.45, 7) is 0.794. The van der Waals surface area contributed by atoms with Gasteiger partial charge in [0.05, 0.1) is 0 Å². The Morgan fingerprint density at radius 2 is 1.93 bits per heavy atom. The van der Waals surface area contributed by atoms with Crippen molar-refractivity contribution in [3.05, 3.63) is 53.2 Å². The van der Waals surface area contributed by atoms with Crippen molar-refractivity contribution in [3.8, 4) is 11.4 Å². The number of nitrogens with zero attached hydrogens (tertiary/aromatic N) is 5. The van der Waals surface area contributed by atoms with Crippen LogP contribution in [0.5, 0.6) is 0 Å². The number of amides is 1. The van der Waals surface area contributed by atoms with Crippen molar-refractivity contribution >= 4 is 40.1 Å². The van der Waals surface area contributed by atoms with Gasteiger partial charge in [-0.2, -0.15) is 15.9 Å². The zero-order valence-corrected chi connectivity index (χ0v) is 15.2. The first-order valence-corrected chi connectivity index (χ1v) is 9.65. The van der Waals surface area contributed by atoms with Crippen LogP contribution in [-0.2, 0) is 4.79 Å². The molecule has 4 aromatic rings. The number of nitrogens with one attached hydrogen (secondary N) is 1. The van der Waals surface area contributed by atoms with Gasteiger partial charge in [0.1, 0.15) is 0 Å². The van der Waals surface area contributed by atoms with Crippen LogP contribution in [-0.4, -0.2) is 32.3 Å². The summed E-state index contributed by atoms with van der Waals surface area (Å²) in [4.78, 5) is 13.7. The molecule has 3 aromatic heterocycles. The first kappa shape index (κ1) is 16.0. The molecule has 1 aromatic carbocycles. The number of anilines is 3. The van der Waals surface area contributed by atoms with Crippen LogP contribution in [0.15, 0.2) is 53.2 Å². The fourth-order valence-electron chi connectivity index (χ4n) is 3.22. The van der Waals surface area contributed by atoms with Crippen LogP contribution in [0.4, 0.5) is 17.2 Å². The molecule has 1 fully saturated rings. The molecule has 1 N–H and O–H groups in total. The number of hydrogen-bond donors (Lipinski definition) is 1. The van der Waals surface area contributed by atoms with Crippen LogP contribution in [0.25, 0.3) is 17.0 Å². The largest absolute Gasteiger partial charge is 0.339 e. The fraction of sp³-hybridized carbons (Fsp3) is 0.158. The first-order chi connectivity index (χ1) is 13.3. The highest BCUT2D eigenvalue weighted by Gasteiger charge is 2.21. The maximum atomic E-state index is 11.9. The van der Waals surface area contributed by atoms with Crippen LogP contribution >= 0.6 is 11.3 Å². The van der Waals surface area contributed by atoms with Crippen LogP contribution in [0.2, 0.25) is 0 Å². The Labute approximate surface area is 159 Å². The molecular weight excluding hydrogens is 360 g/mol. The van der Waals surface area contributed by atoms with Gasteiger partial charge < -0.3 is 10.2 Å². The van der Waals surface area contributed by atoms with E-state index in [-0.39, 0.29) is 5.91 Å². The summed E-state index contributed by atoms with van der Waals surface area (Å²) in [6.07, 6.45) is 1.56. The quantitative estimate of drug-likeness (QED) is 0.587. The molecule has 4 heterocycles. The van der Waals surface area contributed by atoms with Gasteiger partial charge in [0.2, 0.25) is 5.91 Å². The molecule has 0 bridgehead atoms. The molecule has 0 unspecified atom stereocenters. The number of rotatable bonds is 4. The van der Waals surface area contributed by atoms with E-state index in [9.17, 15) is 4.79 Å². The molecule has 0 radical (unpaired) electrons. The molecule has 1 amide bonds. The minimum Gasteiger partial charge on any atom is -0.339 e. The molecule has 1 aliphatic heterocycles. The van der Waals surface area contributed by atoms with E-state index in [0.29, 0.717) is 17.9 Å². The highest BCUT2D eigenvalue weighted by Crippen LogP contribution is 2.25. The number of aromatic nitrogens is 4. The lowest BCUT2D eigenvalue weighted by molar-refractivity contribution is -0.117. The van der Waals surface area contributed by atoms with Crippen LogP contribution in [0.1, 0.15) is 12.8 Å². The Kier molecular flexibility index (Phi) is 3.83. The predicted octanol–water partition coefficient (Wildman–Crippen LogP) is 3.72. The summed E-state index contributed by atoms with van der Waals surface area (Å²) in [5, 5.41) is 20.4. The highest BCUT2D eigenvalue weighted by molar-refractivity contribution is 7.08. The predicted molar refractivity (Wildman–Crippen MR) is 105 cm³/mol. The van der Waals surface area contributed by atoms with Crippen molar-refractivity contribution in [2.45, 2.75) is 12.8 Å². The first-order valence-electron chi connectivity index (χ1n) is 8.70. The van der Waals surface area contributed by atoms with Crippen molar-refractivity contribution in [3.63, 3.8) is 0 Å². The Bertz CT molecular complexity index is 1100. The van der Waals surface area contributed by atoms with E-state index in [1.807, 2.05) is 58.1 Å². The molecule has 0 aliphatic carbocycles. The van der Waals surface area contributed by atoms with E-state index in [0.717, 1.165) is 35.7 Å². The number of fused-ring (bicyclic) bond motifs is 1. The lowest BCUT2D eigenvalue weighted by Gasteiger charge is -2.16. The summed E-state index contributed by atoms with van der Waals surface area (Å²) < 4.78 is 1.74. The molecule has 134 valence electrons. The molecule has 5 rings (SSSR count). The number of benzene rings is 1. The van der Waals surface area contributed by atoms with Gasteiger partial charge in [-0.15, -0.1) is 15.3 Å². The van der Waals surface area contributed by atoms with Gasteiger partial charge in [0.15, 0.2) is 17.3 Å². The van der Waals surface area contributed by atoms with Crippen LogP contribution in [0.3, 0.4) is 0 Å². The lowest BCUT2D eigenvalue weighted by Crippen LogP contribution is -2.23. The third-order valence-electron chi connectivity index (χ3n) is 4.57. The monoisotopic (exact) mass is 376 g/mol. The molecule has 0 spiro atoms. The number of thiophene rings is 1. The molecular formula is C19H16N6OS. The van der Waals surface area contributed by atoms with E-state index >= 15 is 0 Å². The lowest BCUT2D eigenvalue weighted by atomic mass is 10.2. The zero-order valence-electron chi connectivity index (χ0n) is 14.4. The molecule has 0 saturated carbocycles. The maximum absolute atomic E-state index is 11.9. The second-order valence-corrected chi connectivity index (χ2v) is 7.13. The Morgan fingerprint density at radius 3 is 2.67 bits per heavy atom. The SMILES string of the molecule is O=C1CCCN1c1ccc(Nc2ccc3nnc(-c4ccsc4)n3n2)cc1. The van der Waals surface area contributed by atoms with Crippen molar-refractivity contribution in [1.82, 2.24) is 19.8 Å². The van der Waals surface area contributed by atoms with Gasteiger partial charge in [-0.05, 0) is 54.3 Å². The van der Waals surface area contributed by atoms with Gasteiger partial charge >= 0.3 is 0 Å². The number of carbonyl (C=O) groups excluding carboxylic acids is 1. The molecule has 0 atom stereocenters. The average molecular weight is 376 g/mol. The molecule has 8 heteroatoms. The van der Waals surface area contributed by atoms with Gasteiger partial charge in [0, 0.05) is 35.3 Å². The summed E-state index contributed by atoms with van der Waals surface area (Å²) in [7, 11) is 0. The maximum Gasteiger partial charge on any atom is 0.227 e. The van der Waals surface area contributed by atoms with E-state index in [2.05, 4.69) is 20.6 Å². The van der Waals surface area contributed by atoms with E-state index in [4.69, 9.17) is 0 Å². The van der Waals surface area contributed by atoms with Gasteiger partial charge in [-0.3, -0.25) is 4.79 Å². The van der Waals surface area contributed by atoms with Gasteiger partial charge in [-0.25, -0.2) is 0 Å². The smallest absolute Gasteiger partial charge is 0.227 e. The number of hydrogen-bond acceptors (Lipinski definition) is 6. The van der Waals surface area contributed by atoms with Crippen molar-refractivity contribution < 1.29 is 4.79 Å². The summed E-state index contributed by atoms with van der Waals surface area (Å²) in [5.74, 6) is 1.61. The third kappa shape index (κ3) is 2.93. The van der Waals surface area contributed by atoms with Crippen molar-refractivity contribution in [2.75, 3.05) is 16.8 Å². The second kappa shape index (κ2) is 6.48. The standard InChI is InChI=1S/C19H16N6OS/c26-18-2-1-10-24(18)15-5-3-14(4-6-15)20-16-7-8-17-21-22-19(25(17)23-16)13-9-11-27-12-13/h3-9,11-12H,1-2,10H2,(H,20,23). The van der Waals surface area contributed by atoms with Crippen LogP contribution < -0.4 is 10.2 Å². The summed E-state index contributed by atoms with van der Waals surface area (Å²) in [5.41, 5.74) is 3.54. The molecule has 27 heavy (non-hydrogen) atoms. The Morgan fingerprint density at radius 1 is 1.04 bits per heavy atom. The van der Waals surface area contributed by atoms with Crippen molar-refractivity contribution in [2.24, 2.45) is 0 Å². The topological polar surface area (TPSA) is 75.4 Å². The minimum atomic E-state index is 0.191. The second-order valence-electron chi connectivity index (χ2n) is 6.35. The van der Waals surface area contributed by atoms with E-state index in [1.54, 1.807) is 15.9 Å². The Balaban J connectivity index is 1.41. The van der Waals surface area contributed by atoms with Crippen LogP contribution in [0, 0.1) is 0 Å². The summed E-state index contributed by atoms with van der Waals surface area (Å²) >= 11 is 1.61. The average Bonchev–Trinajstić information content (AvgIpc) is 3.42. The van der Waals surface area contributed by atoms with Gasteiger partial charge in [-0.1, -0.05) is 0 Å². The molecule has 1 saturated heterocycles. The molecule has 1 aliphatic rings.